The second-order valence-corrected chi connectivity index (χ2v) is 2.59. The summed E-state index contributed by atoms with van der Waals surface area (Å²) in [7, 11) is 0. The van der Waals surface area contributed by atoms with Gasteiger partial charge >= 0.3 is 5.97 Å². The highest BCUT2D eigenvalue weighted by Gasteiger charge is 2.18. The second kappa shape index (κ2) is 3.66. The van der Waals surface area contributed by atoms with Gasteiger partial charge in [-0.3, -0.25) is 0 Å². The molecule has 1 aromatic rings. The molecule has 0 aliphatic rings. The molecule has 1 rings (SSSR count). The number of carboxylic acid groups (broad SMARTS) is 1. The minimum absolute atomic E-state index is 0.123. The zero-order valence-corrected chi connectivity index (χ0v) is 6.92. The van der Waals surface area contributed by atoms with Crippen LogP contribution < -0.4 is 0 Å². The molecule has 0 amide bonds. The Morgan fingerprint density at radius 1 is 1.62 bits per heavy atom. The van der Waals surface area contributed by atoms with Gasteiger partial charge in [0.1, 0.15) is 5.15 Å². The normalized spacial score (nSPS) is 10.5. The second-order valence-electron chi connectivity index (χ2n) is 2.20. The zero-order chi connectivity index (χ0) is 10.0. The Hall–Kier alpha value is -1.23. The quantitative estimate of drug-likeness (QED) is 0.758. The van der Waals surface area contributed by atoms with E-state index in [-0.39, 0.29) is 5.15 Å². The van der Waals surface area contributed by atoms with Crippen LogP contribution in [0, 0.1) is 0 Å². The number of carboxylic acids is 1. The Bertz CT molecular complexity index is 343. The maximum atomic E-state index is 12.2. The molecule has 0 saturated carbocycles. The Labute approximate surface area is 77.0 Å². The minimum Gasteiger partial charge on any atom is -0.478 e. The fourth-order valence-electron chi connectivity index (χ4n) is 0.800. The van der Waals surface area contributed by atoms with E-state index in [1.807, 2.05) is 0 Å². The van der Waals surface area contributed by atoms with Crippen LogP contribution in [-0.2, 0) is 0 Å². The average molecular weight is 208 g/mol. The van der Waals surface area contributed by atoms with Crippen LogP contribution in [0.3, 0.4) is 0 Å². The van der Waals surface area contributed by atoms with Crippen LogP contribution in [-0.4, -0.2) is 16.1 Å². The van der Waals surface area contributed by atoms with Gasteiger partial charge in [0.25, 0.3) is 6.43 Å². The van der Waals surface area contributed by atoms with Crippen LogP contribution in [0.4, 0.5) is 8.78 Å². The summed E-state index contributed by atoms with van der Waals surface area (Å²) < 4.78 is 24.3. The lowest BCUT2D eigenvalue weighted by molar-refractivity contribution is 0.0684. The molecule has 0 spiro atoms. The highest BCUT2D eigenvalue weighted by Crippen LogP contribution is 2.23. The predicted octanol–water partition coefficient (Wildman–Crippen LogP) is 2.37. The molecule has 70 valence electrons. The fourth-order valence-corrected chi connectivity index (χ4v) is 0.957. The third-order valence-electron chi connectivity index (χ3n) is 1.37. The number of halogens is 3. The largest absolute Gasteiger partial charge is 0.478 e. The van der Waals surface area contributed by atoms with E-state index >= 15 is 0 Å². The molecule has 0 radical (unpaired) electrons. The molecule has 6 heteroatoms. The lowest BCUT2D eigenvalue weighted by Gasteiger charge is -2.03. The van der Waals surface area contributed by atoms with Crippen molar-refractivity contribution in [1.29, 1.82) is 0 Å². The maximum Gasteiger partial charge on any atom is 0.336 e. The Morgan fingerprint density at radius 3 is 2.69 bits per heavy atom. The van der Waals surface area contributed by atoms with Gasteiger partial charge in [0.15, 0.2) is 0 Å². The number of alkyl halides is 2. The lowest BCUT2D eigenvalue weighted by atomic mass is 10.1. The predicted molar refractivity (Wildman–Crippen MR) is 41.2 cm³/mol. The van der Waals surface area contributed by atoms with Gasteiger partial charge in [0.05, 0.1) is 11.1 Å². The highest BCUT2D eigenvalue weighted by atomic mass is 35.5. The fraction of sp³-hybridized carbons (Fsp3) is 0.143. The van der Waals surface area contributed by atoms with Gasteiger partial charge in [-0.25, -0.2) is 18.6 Å². The van der Waals surface area contributed by atoms with Crippen molar-refractivity contribution in [1.82, 2.24) is 4.98 Å². The first-order valence-corrected chi connectivity index (χ1v) is 3.57. The van der Waals surface area contributed by atoms with Crippen molar-refractivity contribution in [3.63, 3.8) is 0 Å². The summed E-state index contributed by atoms with van der Waals surface area (Å²) in [6.45, 7) is 0. The van der Waals surface area contributed by atoms with Gasteiger partial charge in [0.2, 0.25) is 0 Å². The van der Waals surface area contributed by atoms with Gasteiger partial charge in [-0.1, -0.05) is 11.6 Å². The molecule has 1 N–H and O–H groups in total. The molecular weight excluding hydrogens is 204 g/mol. The molecule has 13 heavy (non-hydrogen) atoms. The molecule has 0 unspecified atom stereocenters. The number of hydrogen-bond acceptors (Lipinski definition) is 2. The van der Waals surface area contributed by atoms with Crippen LogP contribution in [0.2, 0.25) is 5.15 Å². The summed E-state index contributed by atoms with van der Waals surface area (Å²) in [5.41, 5.74) is -1.15. The molecule has 0 fully saturated rings. The first-order valence-electron chi connectivity index (χ1n) is 3.19. The number of hydrogen-bond donors (Lipinski definition) is 1. The van der Waals surface area contributed by atoms with Crippen molar-refractivity contribution in [3.05, 3.63) is 28.5 Å². The third-order valence-corrected chi connectivity index (χ3v) is 1.57. The van der Waals surface area contributed by atoms with Gasteiger partial charge in [-0.2, -0.15) is 0 Å². The summed E-state index contributed by atoms with van der Waals surface area (Å²) in [4.78, 5) is 13.8. The Morgan fingerprint density at radius 2 is 2.23 bits per heavy atom. The summed E-state index contributed by atoms with van der Waals surface area (Å²) >= 11 is 5.35. The smallest absolute Gasteiger partial charge is 0.336 e. The van der Waals surface area contributed by atoms with Crippen molar-refractivity contribution >= 4 is 17.6 Å². The molecule has 0 aliphatic heterocycles. The van der Waals surface area contributed by atoms with E-state index in [4.69, 9.17) is 16.7 Å². The van der Waals surface area contributed by atoms with Crippen molar-refractivity contribution in [3.8, 4) is 0 Å². The van der Waals surface area contributed by atoms with Crippen LogP contribution >= 0.6 is 11.6 Å². The summed E-state index contributed by atoms with van der Waals surface area (Å²) in [6, 6.07) is 0.894. The summed E-state index contributed by atoms with van der Waals surface area (Å²) in [6.07, 6.45) is -2.10. The van der Waals surface area contributed by atoms with E-state index in [0.29, 0.717) is 0 Å². The standard InChI is InChI=1S/C7H4ClF2NO2/c8-5-1-3(7(12)13)4(2-11-5)6(9)10/h1-2,6H,(H,12,13). The molecule has 0 atom stereocenters. The maximum absolute atomic E-state index is 12.2. The van der Waals surface area contributed by atoms with Crippen LogP contribution in [0.1, 0.15) is 22.3 Å². The van der Waals surface area contributed by atoms with Crippen molar-refractivity contribution in [2.24, 2.45) is 0 Å². The first-order chi connectivity index (χ1) is 6.02. The number of nitrogens with zero attached hydrogens (tertiary/aromatic N) is 1. The third kappa shape index (κ3) is 2.12. The van der Waals surface area contributed by atoms with Crippen LogP contribution in [0.15, 0.2) is 12.3 Å². The molecule has 0 aromatic carbocycles. The first kappa shape index (κ1) is 9.85. The molecule has 0 saturated heterocycles. The molecular formula is C7H4ClF2NO2. The van der Waals surface area contributed by atoms with Crippen LogP contribution in [0.5, 0.6) is 0 Å². The van der Waals surface area contributed by atoms with Gasteiger partial charge in [-0.15, -0.1) is 0 Å². The Kier molecular flexibility index (Phi) is 2.77. The highest BCUT2D eigenvalue weighted by molar-refractivity contribution is 6.29. The number of carbonyl (C=O) groups is 1. The zero-order valence-electron chi connectivity index (χ0n) is 6.17. The van der Waals surface area contributed by atoms with Gasteiger partial charge in [0, 0.05) is 6.20 Å². The van der Waals surface area contributed by atoms with E-state index in [1.54, 1.807) is 0 Å². The SMILES string of the molecule is O=C(O)c1cc(Cl)ncc1C(F)F. The average Bonchev–Trinajstić information content (AvgIpc) is 2.03. The van der Waals surface area contributed by atoms with Crippen molar-refractivity contribution < 1.29 is 18.7 Å². The summed E-state index contributed by atoms with van der Waals surface area (Å²) in [5.74, 6) is -1.44. The molecule has 0 bridgehead atoms. The molecule has 1 aromatic heterocycles. The van der Waals surface area contributed by atoms with Crippen molar-refractivity contribution in [2.75, 3.05) is 0 Å². The number of rotatable bonds is 2. The lowest BCUT2D eigenvalue weighted by Crippen LogP contribution is -2.03. The monoisotopic (exact) mass is 207 g/mol. The van der Waals surface area contributed by atoms with Crippen molar-refractivity contribution in [2.45, 2.75) is 6.43 Å². The number of pyridine rings is 1. The molecule has 1 heterocycles. The van der Waals surface area contributed by atoms with E-state index in [9.17, 15) is 13.6 Å². The van der Waals surface area contributed by atoms with E-state index in [2.05, 4.69) is 4.98 Å². The number of aromatic nitrogens is 1. The van der Waals surface area contributed by atoms with E-state index in [0.717, 1.165) is 12.3 Å². The Balaban J connectivity index is 3.27. The molecule has 0 aliphatic carbocycles. The number of aromatic carboxylic acids is 1. The van der Waals surface area contributed by atoms with Crippen LogP contribution in [0.25, 0.3) is 0 Å². The van der Waals surface area contributed by atoms with E-state index < -0.39 is 23.5 Å². The van der Waals surface area contributed by atoms with E-state index in [1.165, 1.54) is 0 Å². The topological polar surface area (TPSA) is 50.2 Å². The summed E-state index contributed by atoms with van der Waals surface area (Å²) in [5, 5.41) is 8.40. The minimum atomic E-state index is -2.86. The molecule has 3 nitrogen and oxygen atoms in total. The van der Waals surface area contributed by atoms with Gasteiger partial charge in [-0.05, 0) is 6.07 Å². The van der Waals surface area contributed by atoms with Gasteiger partial charge < -0.3 is 5.11 Å².